The highest BCUT2D eigenvalue weighted by molar-refractivity contribution is 4.87. The van der Waals surface area contributed by atoms with Crippen molar-refractivity contribution in [2.24, 2.45) is 5.92 Å². The molecule has 2 rings (SSSR count). The molecule has 3 heteroatoms. The monoisotopic (exact) mass is 226 g/mol. The molecular formula is C13H26N2O. The normalized spacial score (nSPS) is 29.2. The van der Waals surface area contributed by atoms with Gasteiger partial charge in [-0.15, -0.1) is 0 Å². The lowest BCUT2D eigenvalue weighted by Gasteiger charge is -2.31. The van der Waals surface area contributed by atoms with E-state index >= 15 is 0 Å². The molecule has 94 valence electrons. The number of morpholine rings is 1. The lowest BCUT2D eigenvalue weighted by Crippen LogP contribution is -2.47. The van der Waals surface area contributed by atoms with E-state index in [2.05, 4.69) is 24.2 Å². The van der Waals surface area contributed by atoms with Crippen LogP contribution in [0.3, 0.4) is 0 Å². The maximum Gasteiger partial charge on any atom is 0.0826 e. The molecule has 0 aromatic heterocycles. The summed E-state index contributed by atoms with van der Waals surface area (Å²) in [6.07, 6.45) is 5.88. The van der Waals surface area contributed by atoms with Crippen LogP contribution >= 0.6 is 0 Å². The lowest BCUT2D eigenvalue weighted by molar-refractivity contribution is -0.0196. The molecular weight excluding hydrogens is 200 g/mol. The predicted octanol–water partition coefficient (Wildman–Crippen LogP) is 1.49. The van der Waals surface area contributed by atoms with Crippen molar-refractivity contribution >= 4 is 0 Å². The molecule has 0 aromatic carbocycles. The van der Waals surface area contributed by atoms with E-state index in [0.717, 1.165) is 38.2 Å². The minimum atomic E-state index is 0.400. The Morgan fingerprint density at radius 3 is 2.88 bits per heavy atom. The smallest absolute Gasteiger partial charge is 0.0826 e. The van der Waals surface area contributed by atoms with E-state index in [1.807, 2.05) is 0 Å². The van der Waals surface area contributed by atoms with Gasteiger partial charge in [-0.2, -0.15) is 0 Å². The first-order chi connectivity index (χ1) is 7.79. The van der Waals surface area contributed by atoms with Crippen molar-refractivity contribution in [1.29, 1.82) is 0 Å². The molecule has 1 N–H and O–H groups in total. The summed E-state index contributed by atoms with van der Waals surface area (Å²) in [7, 11) is 2.18. The highest BCUT2D eigenvalue weighted by Crippen LogP contribution is 2.34. The predicted molar refractivity (Wildman–Crippen MR) is 66.7 cm³/mol. The Kier molecular flexibility index (Phi) is 4.62. The van der Waals surface area contributed by atoms with E-state index in [0.29, 0.717) is 6.10 Å². The molecule has 1 aliphatic heterocycles. The van der Waals surface area contributed by atoms with E-state index in [9.17, 15) is 0 Å². The third kappa shape index (κ3) is 3.72. The summed E-state index contributed by atoms with van der Waals surface area (Å²) in [6.45, 7) is 6.37. The van der Waals surface area contributed by atoms with Crippen molar-refractivity contribution < 1.29 is 4.74 Å². The molecule has 3 nitrogen and oxygen atoms in total. The third-order valence-electron chi connectivity index (χ3n) is 3.74. The average Bonchev–Trinajstić information content (AvgIpc) is 3.08. The van der Waals surface area contributed by atoms with Crippen molar-refractivity contribution in [3.8, 4) is 0 Å². The topological polar surface area (TPSA) is 24.5 Å². The van der Waals surface area contributed by atoms with E-state index in [1.54, 1.807) is 0 Å². The number of rotatable bonds is 6. The maximum atomic E-state index is 5.77. The molecule has 2 atom stereocenters. The van der Waals surface area contributed by atoms with Crippen LogP contribution in [0.15, 0.2) is 0 Å². The van der Waals surface area contributed by atoms with Gasteiger partial charge in [0.1, 0.15) is 0 Å². The van der Waals surface area contributed by atoms with Gasteiger partial charge in [0.15, 0.2) is 0 Å². The Morgan fingerprint density at radius 2 is 2.25 bits per heavy atom. The molecule has 1 saturated heterocycles. The summed E-state index contributed by atoms with van der Waals surface area (Å²) >= 11 is 0. The van der Waals surface area contributed by atoms with Crippen LogP contribution in [0, 0.1) is 5.92 Å². The number of likely N-dealkylation sites (N-methyl/N-ethyl adjacent to an activating group) is 1. The summed E-state index contributed by atoms with van der Waals surface area (Å²) in [5.41, 5.74) is 0. The van der Waals surface area contributed by atoms with E-state index in [1.165, 1.54) is 25.7 Å². The van der Waals surface area contributed by atoms with Crippen LogP contribution in [0.1, 0.15) is 32.6 Å². The summed E-state index contributed by atoms with van der Waals surface area (Å²) in [6, 6.07) is 0.751. The largest absolute Gasteiger partial charge is 0.374 e. The molecule has 2 aliphatic rings. The maximum absolute atomic E-state index is 5.77. The van der Waals surface area contributed by atoms with Crippen molar-refractivity contribution in [2.45, 2.75) is 44.8 Å². The van der Waals surface area contributed by atoms with Crippen LogP contribution in [0.25, 0.3) is 0 Å². The van der Waals surface area contributed by atoms with Gasteiger partial charge in [0.05, 0.1) is 12.7 Å². The first-order valence-electron chi connectivity index (χ1n) is 6.83. The molecule has 2 unspecified atom stereocenters. The Hall–Kier alpha value is -0.120. The van der Waals surface area contributed by atoms with Crippen molar-refractivity contribution in [2.75, 3.05) is 33.3 Å². The first-order valence-corrected chi connectivity index (χ1v) is 6.83. The highest BCUT2D eigenvalue weighted by atomic mass is 16.5. The minimum absolute atomic E-state index is 0.400. The van der Waals surface area contributed by atoms with Crippen LogP contribution in [-0.4, -0.2) is 50.3 Å². The second-order valence-corrected chi connectivity index (χ2v) is 5.40. The van der Waals surface area contributed by atoms with Gasteiger partial charge in [0.2, 0.25) is 0 Å². The quantitative estimate of drug-likeness (QED) is 0.742. The van der Waals surface area contributed by atoms with E-state index in [4.69, 9.17) is 4.74 Å². The van der Waals surface area contributed by atoms with Crippen LogP contribution in [-0.2, 0) is 4.74 Å². The lowest BCUT2D eigenvalue weighted by atomic mass is 10.1. The van der Waals surface area contributed by atoms with Crippen LogP contribution < -0.4 is 5.32 Å². The standard InChI is InChI=1S/C13H26N2O/c1-3-4-13(11-5-6-11)14-9-12-10-15(2)7-8-16-12/h11-14H,3-10H2,1-2H3. The van der Waals surface area contributed by atoms with E-state index in [-0.39, 0.29) is 0 Å². The molecule has 0 radical (unpaired) electrons. The van der Waals surface area contributed by atoms with Gasteiger partial charge in [0.25, 0.3) is 0 Å². The number of nitrogens with one attached hydrogen (secondary N) is 1. The zero-order valence-corrected chi connectivity index (χ0v) is 10.7. The average molecular weight is 226 g/mol. The fraction of sp³-hybridized carbons (Fsp3) is 1.00. The van der Waals surface area contributed by atoms with Gasteiger partial charge < -0.3 is 15.0 Å². The van der Waals surface area contributed by atoms with Gasteiger partial charge >= 0.3 is 0 Å². The molecule has 2 fully saturated rings. The van der Waals surface area contributed by atoms with Crippen molar-refractivity contribution in [3.05, 3.63) is 0 Å². The number of ether oxygens (including phenoxy) is 1. The molecule has 1 heterocycles. The SMILES string of the molecule is CCCC(NCC1CN(C)CCO1)C1CC1. The third-order valence-corrected chi connectivity index (χ3v) is 3.74. The molecule has 1 saturated carbocycles. The van der Waals surface area contributed by atoms with Gasteiger partial charge in [-0.3, -0.25) is 0 Å². The highest BCUT2D eigenvalue weighted by Gasteiger charge is 2.30. The minimum Gasteiger partial charge on any atom is -0.374 e. The number of hydrogen-bond donors (Lipinski definition) is 1. The van der Waals surface area contributed by atoms with Gasteiger partial charge in [-0.05, 0) is 32.2 Å². The van der Waals surface area contributed by atoms with Crippen LogP contribution in [0.5, 0.6) is 0 Å². The summed E-state index contributed by atoms with van der Waals surface area (Å²) in [4.78, 5) is 2.36. The van der Waals surface area contributed by atoms with Gasteiger partial charge in [0, 0.05) is 25.7 Å². The molecule has 16 heavy (non-hydrogen) atoms. The Bertz CT molecular complexity index is 206. The van der Waals surface area contributed by atoms with Gasteiger partial charge in [-0.25, -0.2) is 0 Å². The van der Waals surface area contributed by atoms with Crippen LogP contribution in [0.4, 0.5) is 0 Å². The molecule has 0 bridgehead atoms. The molecule has 0 aromatic rings. The zero-order valence-electron chi connectivity index (χ0n) is 10.7. The van der Waals surface area contributed by atoms with Crippen molar-refractivity contribution in [1.82, 2.24) is 10.2 Å². The zero-order chi connectivity index (χ0) is 11.4. The Balaban J connectivity index is 1.67. The first kappa shape index (κ1) is 12.3. The van der Waals surface area contributed by atoms with Gasteiger partial charge in [-0.1, -0.05) is 13.3 Å². The van der Waals surface area contributed by atoms with E-state index < -0.39 is 0 Å². The summed E-state index contributed by atoms with van der Waals surface area (Å²) < 4.78 is 5.77. The number of hydrogen-bond acceptors (Lipinski definition) is 3. The Morgan fingerprint density at radius 1 is 1.44 bits per heavy atom. The second kappa shape index (κ2) is 5.99. The van der Waals surface area contributed by atoms with Crippen LogP contribution in [0.2, 0.25) is 0 Å². The Labute approximate surface area is 99.5 Å². The molecule has 0 spiro atoms. The second-order valence-electron chi connectivity index (χ2n) is 5.40. The summed E-state index contributed by atoms with van der Waals surface area (Å²) in [5.74, 6) is 0.960. The fourth-order valence-electron chi connectivity index (χ4n) is 2.59. The fourth-order valence-corrected chi connectivity index (χ4v) is 2.59. The molecule has 0 amide bonds. The molecule has 1 aliphatic carbocycles. The summed E-state index contributed by atoms with van der Waals surface area (Å²) in [5, 5.41) is 3.72. The van der Waals surface area contributed by atoms with Crippen molar-refractivity contribution in [3.63, 3.8) is 0 Å². The number of nitrogens with zero attached hydrogens (tertiary/aromatic N) is 1.